The lowest BCUT2D eigenvalue weighted by Gasteiger charge is -2.18. The Hall–Kier alpha value is -2.66. The third-order valence-electron chi connectivity index (χ3n) is 4.09. The van der Waals surface area contributed by atoms with Gasteiger partial charge in [-0.15, -0.1) is 0 Å². The van der Waals surface area contributed by atoms with Gasteiger partial charge in [0.05, 0.1) is 17.2 Å². The van der Waals surface area contributed by atoms with E-state index in [2.05, 4.69) is 4.98 Å². The monoisotopic (exact) mass is 355 g/mol. The zero-order valence-corrected chi connectivity index (χ0v) is 14.6. The maximum atomic E-state index is 12.4. The van der Waals surface area contributed by atoms with Gasteiger partial charge in [-0.1, -0.05) is 41.9 Å². The molecular weight excluding hydrogens is 338 g/mol. The van der Waals surface area contributed by atoms with Crippen LogP contribution in [0.1, 0.15) is 12.0 Å². The van der Waals surface area contributed by atoms with E-state index in [1.165, 1.54) is 10.9 Å². The van der Waals surface area contributed by atoms with E-state index in [-0.39, 0.29) is 17.9 Å². The number of aromatic nitrogens is 2. The lowest BCUT2D eigenvalue weighted by Crippen LogP contribution is -2.29. The Labute approximate surface area is 150 Å². The summed E-state index contributed by atoms with van der Waals surface area (Å²) in [5, 5.41) is 1.19. The average Bonchev–Trinajstić information content (AvgIpc) is 2.63. The Morgan fingerprint density at radius 2 is 1.88 bits per heavy atom. The molecule has 1 aromatic heterocycles. The molecular formula is C19H18ClN3O2. The van der Waals surface area contributed by atoms with Crippen LogP contribution in [-0.4, -0.2) is 27.4 Å². The van der Waals surface area contributed by atoms with Gasteiger partial charge in [-0.3, -0.25) is 14.2 Å². The molecule has 0 saturated heterocycles. The van der Waals surface area contributed by atoms with E-state index in [9.17, 15) is 9.59 Å². The second kappa shape index (κ2) is 7.49. The van der Waals surface area contributed by atoms with Crippen molar-refractivity contribution in [3.05, 3.63) is 75.8 Å². The minimum Gasteiger partial charge on any atom is -0.341 e. The fraction of sp³-hybridized carbons (Fsp3) is 0.211. The summed E-state index contributed by atoms with van der Waals surface area (Å²) < 4.78 is 1.48. The van der Waals surface area contributed by atoms with Crippen molar-refractivity contribution in [3.63, 3.8) is 0 Å². The van der Waals surface area contributed by atoms with E-state index in [1.54, 1.807) is 36.2 Å². The van der Waals surface area contributed by atoms with Gasteiger partial charge in [-0.05, 0) is 23.8 Å². The molecule has 0 aliphatic heterocycles. The zero-order chi connectivity index (χ0) is 17.8. The predicted molar refractivity (Wildman–Crippen MR) is 98.5 cm³/mol. The van der Waals surface area contributed by atoms with E-state index >= 15 is 0 Å². The molecule has 0 bridgehead atoms. The first-order chi connectivity index (χ1) is 12.1. The molecule has 3 aromatic rings. The van der Waals surface area contributed by atoms with Crippen molar-refractivity contribution in [1.29, 1.82) is 0 Å². The highest BCUT2D eigenvalue weighted by atomic mass is 35.5. The van der Waals surface area contributed by atoms with Crippen molar-refractivity contribution in [2.75, 3.05) is 7.05 Å². The van der Waals surface area contributed by atoms with Crippen molar-refractivity contribution in [3.8, 4) is 0 Å². The zero-order valence-electron chi connectivity index (χ0n) is 13.9. The van der Waals surface area contributed by atoms with Crippen molar-refractivity contribution >= 4 is 28.4 Å². The van der Waals surface area contributed by atoms with E-state index < -0.39 is 0 Å². The van der Waals surface area contributed by atoms with E-state index in [0.717, 1.165) is 5.56 Å². The Morgan fingerprint density at radius 1 is 1.16 bits per heavy atom. The number of aryl methyl sites for hydroxylation is 1. The molecule has 0 atom stereocenters. The molecule has 1 amide bonds. The van der Waals surface area contributed by atoms with Crippen LogP contribution in [0.15, 0.2) is 59.7 Å². The van der Waals surface area contributed by atoms with Crippen LogP contribution in [0.3, 0.4) is 0 Å². The number of carbonyl (C=O) groups excluding carboxylic acids is 1. The molecule has 3 rings (SSSR count). The first-order valence-corrected chi connectivity index (χ1v) is 8.35. The van der Waals surface area contributed by atoms with Crippen LogP contribution in [0.5, 0.6) is 0 Å². The number of nitrogens with zero attached hydrogens (tertiary/aromatic N) is 3. The van der Waals surface area contributed by atoms with Gasteiger partial charge < -0.3 is 4.90 Å². The van der Waals surface area contributed by atoms with Gasteiger partial charge in [0, 0.05) is 31.6 Å². The Kier molecular flexibility index (Phi) is 5.14. The fourth-order valence-corrected chi connectivity index (χ4v) is 2.84. The van der Waals surface area contributed by atoms with Gasteiger partial charge in [0.15, 0.2) is 0 Å². The summed E-state index contributed by atoms with van der Waals surface area (Å²) in [6, 6.07) is 14.6. The van der Waals surface area contributed by atoms with E-state index in [1.807, 2.05) is 24.3 Å². The van der Waals surface area contributed by atoms with Crippen LogP contribution in [0.25, 0.3) is 10.9 Å². The Morgan fingerprint density at radius 3 is 2.68 bits per heavy atom. The van der Waals surface area contributed by atoms with Crippen molar-refractivity contribution in [1.82, 2.24) is 14.5 Å². The maximum absolute atomic E-state index is 12.4. The van der Waals surface area contributed by atoms with Crippen LogP contribution in [-0.2, 0) is 17.9 Å². The molecule has 0 spiro atoms. The SMILES string of the molecule is CN(Cc1ccccc1Cl)C(=O)CCn1cnc2ccccc2c1=O. The number of benzene rings is 2. The maximum Gasteiger partial charge on any atom is 0.261 e. The summed E-state index contributed by atoms with van der Waals surface area (Å²) in [5.41, 5.74) is 1.42. The number of hydrogen-bond acceptors (Lipinski definition) is 3. The van der Waals surface area contributed by atoms with Crippen LogP contribution >= 0.6 is 11.6 Å². The normalized spacial score (nSPS) is 10.8. The van der Waals surface area contributed by atoms with Gasteiger partial charge >= 0.3 is 0 Å². The number of fused-ring (bicyclic) bond motifs is 1. The molecule has 0 unspecified atom stereocenters. The predicted octanol–water partition coefficient (Wildman–Crippen LogP) is 3.10. The first-order valence-electron chi connectivity index (χ1n) is 7.98. The van der Waals surface area contributed by atoms with Crippen LogP contribution in [0.4, 0.5) is 0 Å². The molecule has 0 radical (unpaired) electrons. The van der Waals surface area contributed by atoms with Crippen molar-refractivity contribution in [2.45, 2.75) is 19.5 Å². The standard InChI is InChI=1S/C19H18ClN3O2/c1-22(12-14-6-2-4-8-16(14)20)18(24)10-11-23-13-21-17-9-5-3-7-15(17)19(23)25/h2-9,13H,10-12H2,1H3. The summed E-state index contributed by atoms with van der Waals surface area (Å²) in [5.74, 6) is -0.0556. The quantitative estimate of drug-likeness (QED) is 0.706. The van der Waals surface area contributed by atoms with E-state index in [0.29, 0.717) is 29.0 Å². The second-order valence-electron chi connectivity index (χ2n) is 5.85. The molecule has 0 aliphatic carbocycles. The summed E-state index contributed by atoms with van der Waals surface area (Å²) >= 11 is 6.13. The number of para-hydroxylation sites is 1. The molecule has 0 aliphatic rings. The average molecular weight is 356 g/mol. The van der Waals surface area contributed by atoms with Gasteiger partial charge in [0.2, 0.25) is 5.91 Å². The summed E-state index contributed by atoms with van der Waals surface area (Å²) in [6.07, 6.45) is 1.72. The Balaban J connectivity index is 1.67. The number of carbonyl (C=O) groups is 1. The summed E-state index contributed by atoms with van der Waals surface area (Å²) in [6.45, 7) is 0.728. The molecule has 6 heteroatoms. The summed E-state index contributed by atoms with van der Waals surface area (Å²) in [4.78, 5) is 30.7. The van der Waals surface area contributed by atoms with Gasteiger partial charge in [-0.2, -0.15) is 0 Å². The third kappa shape index (κ3) is 3.88. The Bertz CT molecular complexity index is 968. The highest BCUT2D eigenvalue weighted by Gasteiger charge is 2.12. The minimum absolute atomic E-state index is 0.0556. The van der Waals surface area contributed by atoms with Crippen LogP contribution in [0.2, 0.25) is 5.02 Å². The highest BCUT2D eigenvalue weighted by molar-refractivity contribution is 6.31. The molecule has 2 aromatic carbocycles. The topological polar surface area (TPSA) is 55.2 Å². The summed E-state index contributed by atoms with van der Waals surface area (Å²) in [7, 11) is 1.73. The fourth-order valence-electron chi connectivity index (χ4n) is 2.64. The molecule has 25 heavy (non-hydrogen) atoms. The molecule has 5 nitrogen and oxygen atoms in total. The lowest BCUT2D eigenvalue weighted by atomic mass is 10.2. The number of amides is 1. The van der Waals surface area contributed by atoms with Crippen LogP contribution in [0, 0.1) is 0 Å². The molecule has 0 N–H and O–H groups in total. The smallest absolute Gasteiger partial charge is 0.261 e. The minimum atomic E-state index is -0.132. The van der Waals surface area contributed by atoms with Gasteiger partial charge in [-0.25, -0.2) is 4.98 Å². The largest absolute Gasteiger partial charge is 0.341 e. The second-order valence-corrected chi connectivity index (χ2v) is 6.26. The first kappa shape index (κ1) is 17.2. The lowest BCUT2D eigenvalue weighted by molar-refractivity contribution is -0.130. The molecule has 128 valence electrons. The number of rotatable bonds is 5. The van der Waals surface area contributed by atoms with E-state index in [4.69, 9.17) is 11.6 Å². The third-order valence-corrected chi connectivity index (χ3v) is 4.46. The number of halogens is 1. The van der Waals surface area contributed by atoms with Gasteiger partial charge in [0.25, 0.3) is 5.56 Å². The molecule has 0 fully saturated rings. The van der Waals surface area contributed by atoms with Crippen molar-refractivity contribution < 1.29 is 4.79 Å². The van der Waals surface area contributed by atoms with Crippen molar-refractivity contribution in [2.24, 2.45) is 0 Å². The molecule has 0 saturated carbocycles. The van der Waals surface area contributed by atoms with Gasteiger partial charge in [0.1, 0.15) is 0 Å². The molecule has 1 heterocycles. The van der Waals surface area contributed by atoms with Crippen LogP contribution < -0.4 is 5.56 Å². The number of hydrogen-bond donors (Lipinski definition) is 0. The highest BCUT2D eigenvalue weighted by Crippen LogP contribution is 2.16.